The lowest BCUT2D eigenvalue weighted by Gasteiger charge is -1.94. The average Bonchev–Trinajstić information content (AvgIpc) is 2.50. The summed E-state index contributed by atoms with van der Waals surface area (Å²) in [6, 6.07) is 3.74. The maximum absolute atomic E-state index is 10.4. The fraction of sp³-hybridized carbons (Fsp3) is 0. The zero-order valence-electron chi connectivity index (χ0n) is 5.77. The van der Waals surface area contributed by atoms with Crippen molar-refractivity contribution in [1.82, 2.24) is 9.38 Å². The first-order valence-electron chi connectivity index (χ1n) is 3.28. The Morgan fingerprint density at radius 1 is 1.45 bits per heavy atom. The third-order valence-electron chi connectivity index (χ3n) is 1.59. The molecule has 0 saturated heterocycles. The number of fused-ring (bicyclic) bond motifs is 1. The highest BCUT2D eigenvalue weighted by molar-refractivity contribution is 5.82. The van der Waals surface area contributed by atoms with E-state index in [-0.39, 0.29) is 0 Å². The van der Waals surface area contributed by atoms with Gasteiger partial charge in [-0.3, -0.25) is 4.79 Å². The van der Waals surface area contributed by atoms with Crippen LogP contribution in [-0.4, -0.2) is 15.7 Å². The van der Waals surface area contributed by atoms with Gasteiger partial charge >= 0.3 is 0 Å². The molecule has 0 bridgehead atoms. The molecule has 0 saturated carbocycles. The third kappa shape index (κ3) is 0.816. The van der Waals surface area contributed by atoms with E-state index in [0.29, 0.717) is 5.69 Å². The first-order chi connectivity index (χ1) is 5.42. The van der Waals surface area contributed by atoms with E-state index in [0.717, 1.165) is 11.8 Å². The number of aromatic nitrogens is 2. The fourth-order valence-corrected chi connectivity index (χ4v) is 1.08. The van der Waals surface area contributed by atoms with Crippen LogP contribution in [0.1, 0.15) is 10.5 Å². The molecule has 0 radical (unpaired) electrons. The van der Waals surface area contributed by atoms with Gasteiger partial charge in [0.25, 0.3) is 0 Å². The van der Waals surface area contributed by atoms with Crippen LogP contribution in [0, 0.1) is 0 Å². The second-order valence-corrected chi connectivity index (χ2v) is 2.23. The number of aldehydes is 1. The van der Waals surface area contributed by atoms with Crippen LogP contribution in [0.5, 0.6) is 0 Å². The molecular weight excluding hydrogens is 140 g/mol. The minimum atomic E-state index is 0.484. The molecular formula is C8H6N2O. The monoisotopic (exact) mass is 146 g/mol. The van der Waals surface area contributed by atoms with Crippen molar-refractivity contribution < 1.29 is 4.79 Å². The van der Waals surface area contributed by atoms with Crippen molar-refractivity contribution >= 4 is 11.8 Å². The Labute approximate surface area is 63.3 Å². The van der Waals surface area contributed by atoms with E-state index in [9.17, 15) is 4.79 Å². The Hall–Kier alpha value is -1.64. The van der Waals surface area contributed by atoms with Crippen LogP contribution < -0.4 is 0 Å². The highest BCUT2D eigenvalue weighted by Gasteiger charge is 1.97. The highest BCUT2D eigenvalue weighted by atomic mass is 16.1. The van der Waals surface area contributed by atoms with E-state index < -0.39 is 0 Å². The summed E-state index contributed by atoms with van der Waals surface area (Å²) in [6.45, 7) is 0. The van der Waals surface area contributed by atoms with Crippen LogP contribution in [0.2, 0.25) is 0 Å². The van der Waals surface area contributed by atoms with Gasteiger partial charge in [0.05, 0.1) is 5.52 Å². The molecule has 0 spiro atoms. The van der Waals surface area contributed by atoms with Crippen molar-refractivity contribution in [3.05, 3.63) is 36.4 Å². The van der Waals surface area contributed by atoms with Crippen molar-refractivity contribution in [3.8, 4) is 0 Å². The number of nitrogens with zero attached hydrogens (tertiary/aromatic N) is 2. The molecule has 0 aliphatic rings. The molecule has 2 aromatic heterocycles. The van der Waals surface area contributed by atoms with E-state index in [2.05, 4.69) is 4.98 Å². The van der Waals surface area contributed by atoms with Crippen LogP contribution in [0.25, 0.3) is 5.52 Å². The number of hydrogen-bond acceptors (Lipinski definition) is 2. The largest absolute Gasteiger partial charge is 0.320 e. The minimum absolute atomic E-state index is 0.484. The standard InChI is InChI=1S/C8H6N2O/c11-6-7-8-2-1-4-10(8)5-3-9-7/h1-6H. The van der Waals surface area contributed by atoms with Gasteiger partial charge in [0.1, 0.15) is 5.69 Å². The number of rotatable bonds is 1. The molecule has 0 aromatic carbocycles. The molecule has 2 aromatic rings. The van der Waals surface area contributed by atoms with Crippen molar-refractivity contribution in [3.63, 3.8) is 0 Å². The summed E-state index contributed by atoms with van der Waals surface area (Å²) in [5, 5.41) is 0. The molecule has 3 heteroatoms. The van der Waals surface area contributed by atoms with E-state index in [1.54, 1.807) is 6.20 Å². The van der Waals surface area contributed by atoms with Gasteiger partial charge in [-0.1, -0.05) is 0 Å². The molecule has 0 aliphatic carbocycles. The van der Waals surface area contributed by atoms with Crippen LogP contribution in [0.3, 0.4) is 0 Å². The molecule has 2 rings (SSSR count). The van der Waals surface area contributed by atoms with Gasteiger partial charge in [-0.15, -0.1) is 0 Å². The topological polar surface area (TPSA) is 34.4 Å². The quantitative estimate of drug-likeness (QED) is 0.565. The summed E-state index contributed by atoms with van der Waals surface area (Å²) >= 11 is 0. The van der Waals surface area contributed by atoms with Crippen molar-refractivity contribution in [1.29, 1.82) is 0 Å². The number of carbonyl (C=O) groups excluding carboxylic acids is 1. The predicted molar refractivity (Wildman–Crippen MR) is 40.6 cm³/mol. The second-order valence-electron chi connectivity index (χ2n) is 2.23. The molecule has 0 unspecified atom stereocenters. The summed E-state index contributed by atoms with van der Waals surface area (Å²) < 4.78 is 1.86. The Kier molecular flexibility index (Phi) is 1.22. The molecule has 0 amide bonds. The highest BCUT2D eigenvalue weighted by Crippen LogP contribution is 2.05. The van der Waals surface area contributed by atoms with Gasteiger partial charge in [0.15, 0.2) is 6.29 Å². The van der Waals surface area contributed by atoms with Gasteiger partial charge in [-0.2, -0.15) is 0 Å². The van der Waals surface area contributed by atoms with Crippen LogP contribution in [0.4, 0.5) is 0 Å². The molecule has 11 heavy (non-hydrogen) atoms. The predicted octanol–water partition coefficient (Wildman–Crippen LogP) is 1.15. The summed E-state index contributed by atoms with van der Waals surface area (Å²) in [4.78, 5) is 14.4. The Balaban J connectivity index is 2.88. The molecule has 2 heterocycles. The van der Waals surface area contributed by atoms with Gasteiger partial charge in [0, 0.05) is 18.6 Å². The van der Waals surface area contributed by atoms with Gasteiger partial charge in [-0.05, 0) is 12.1 Å². The third-order valence-corrected chi connectivity index (χ3v) is 1.59. The van der Waals surface area contributed by atoms with E-state index in [4.69, 9.17) is 0 Å². The summed E-state index contributed by atoms with van der Waals surface area (Å²) in [5.74, 6) is 0. The minimum Gasteiger partial charge on any atom is -0.320 e. The van der Waals surface area contributed by atoms with Crippen molar-refractivity contribution in [2.45, 2.75) is 0 Å². The lowest BCUT2D eigenvalue weighted by atomic mass is 10.4. The van der Waals surface area contributed by atoms with Gasteiger partial charge < -0.3 is 4.40 Å². The van der Waals surface area contributed by atoms with E-state index in [1.165, 1.54) is 0 Å². The fourth-order valence-electron chi connectivity index (χ4n) is 1.08. The Bertz CT molecular complexity index is 392. The van der Waals surface area contributed by atoms with Crippen LogP contribution >= 0.6 is 0 Å². The molecule has 54 valence electrons. The molecule has 0 aliphatic heterocycles. The normalized spacial score (nSPS) is 10.2. The van der Waals surface area contributed by atoms with Gasteiger partial charge in [0.2, 0.25) is 0 Å². The SMILES string of the molecule is O=Cc1nccn2cccc12. The number of hydrogen-bond donors (Lipinski definition) is 0. The molecule has 0 atom stereocenters. The van der Waals surface area contributed by atoms with E-state index in [1.807, 2.05) is 28.9 Å². The summed E-state index contributed by atoms with van der Waals surface area (Å²) in [7, 11) is 0. The van der Waals surface area contributed by atoms with Crippen LogP contribution in [0.15, 0.2) is 30.7 Å². The molecule has 3 nitrogen and oxygen atoms in total. The maximum atomic E-state index is 10.4. The maximum Gasteiger partial charge on any atom is 0.170 e. The van der Waals surface area contributed by atoms with E-state index >= 15 is 0 Å². The first-order valence-corrected chi connectivity index (χ1v) is 3.28. The summed E-state index contributed by atoms with van der Waals surface area (Å²) in [6.07, 6.45) is 6.05. The summed E-state index contributed by atoms with van der Waals surface area (Å²) in [5.41, 5.74) is 1.33. The van der Waals surface area contributed by atoms with Crippen LogP contribution in [-0.2, 0) is 0 Å². The lowest BCUT2D eigenvalue weighted by Crippen LogP contribution is -1.91. The van der Waals surface area contributed by atoms with Crippen molar-refractivity contribution in [2.24, 2.45) is 0 Å². The van der Waals surface area contributed by atoms with Gasteiger partial charge in [-0.25, -0.2) is 4.98 Å². The zero-order chi connectivity index (χ0) is 7.68. The molecule has 0 N–H and O–H groups in total. The Morgan fingerprint density at radius 2 is 2.36 bits per heavy atom. The average molecular weight is 146 g/mol. The molecule has 0 fully saturated rings. The first kappa shape index (κ1) is 6.09. The Morgan fingerprint density at radius 3 is 3.18 bits per heavy atom. The van der Waals surface area contributed by atoms with Crippen molar-refractivity contribution in [2.75, 3.05) is 0 Å². The smallest absolute Gasteiger partial charge is 0.170 e. The second kappa shape index (κ2) is 2.20. The zero-order valence-corrected chi connectivity index (χ0v) is 5.77. The lowest BCUT2D eigenvalue weighted by molar-refractivity contribution is 0.112. The number of carbonyl (C=O) groups is 1.